The fourth-order valence-corrected chi connectivity index (χ4v) is 2.86. The van der Waals surface area contributed by atoms with Gasteiger partial charge in [0, 0.05) is 19.0 Å². The van der Waals surface area contributed by atoms with Crippen LogP contribution in [-0.2, 0) is 9.59 Å². The second kappa shape index (κ2) is 8.71. The van der Waals surface area contributed by atoms with Gasteiger partial charge in [-0.25, -0.2) is 0 Å². The second-order valence-electron chi connectivity index (χ2n) is 6.65. The minimum Gasteiger partial charge on any atom is -0.494 e. The molecule has 0 unspecified atom stereocenters. The number of nitrogens with one attached hydrogen (secondary N) is 1. The van der Waals surface area contributed by atoms with Crippen molar-refractivity contribution in [3.05, 3.63) is 29.8 Å². The van der Waals surface area contributed by atoms with Gasteiger partial charge in [0.15, 0.2) is 0 Å². The summed E-state index contributed by atoms with van der Waals surface area (Å²) < 4.78 is 5.64. The maximum absolute atomic E-state index is 12.3. The first-order valence-electron chi connectivity index (χ1n) is 8.76. The van der Waals surface area contributed by atoms with Crippen LogP contribution in [-0.4, -0.2) is 42.5 Å². The van der Waals surface area contributed by atoms with Crippen molar-refractivity contribution in [2.75, 3.05) is 19.7 Å². The predicted molar refractivity (Wildman–Crippen MR) is 93.9 cm³/mol. The van der Waals surface area contributed by atoms with Crippen molar-refractivity contribution in [1.29, 1.82) is 0 Å². The Hall–Kier alpha value is -2.04. The van der Waals surface area contributed by atoms with E-state index in [1.54, 1.807) is 4.90 Å². The van der Waals surface area contributed by atoms with E-state index < -0.39 is 0 Å². The van der Waals surface area contributed by atoms with Gasteiger partial charge < -0.3 is 15.0 Å². The molecule has 0 radical (unpaired) electrons. The Morgan fingerprint density at radius 1 is 1.29 bits per heavy atom. The Balaban J connectivity index is 1.69. The van der Waals surface area contributed by atoms with Crippen molar-refractivity contribution in [3.63, 3.8) is 0 Å². The third-order valence-corrected chi connectivity index (χ3v) is 4.24. The first-order chi connectivity index (χ1) is 11.5. The van der Waals surface area contributed by atoms with Crippen LogP contribution in [0, 0.1) is 12.8 Å². The number of likely N-dealkylation sites (tertiary alicyclic amines) is 1. The van der Waals surface area contributed by atoms with Gasteiger partial charge in [0.1, 0.15) is 11.8 Å². The lowest BCUT2D eigenvalue weighted by atomic mass is 10.1. The fourth-order valence-electron chi connectivity index (χ4n) is 2.86. The predicted octanol–water partition coefficient (Wildman–Crippen LogP) is 2.53. The Bertz CT molecular complexity index is 554. The van der Waals surface area contributed by atoms with Crippen LogP contribution in [0.25, 0.3) is 0 Å². The molecule has 1 aromatic rings. The van der Waals surface area contributed by atoms with Gasteiger partial charge in [0.2, 0.25) is 11.8 Å². The number of carbonyl (C=O) groups is 2. The molecule has 0 bridgehead atoms. The van der Waals surface area contributed by atoms with Gasteiger partial charge in [-0.1, -0.05) is 31.5 Å². The van der Waals surface area contributed by atoms with Gasteiger partial charge in [-0.15, -0.1) is 0 Å². The normalized spacial score (nSPS) is 17.2. The van der Waals surface area contributed by atoms with Gasteiger partial charge in [0.25, 0.3) is 0 Å². The number of benzene rings is 1. The topological polar surface area (TPSA) is 58.6 Å². The number of amides is 2. The fraction of sp³-hybridized carbons (Fsp3) is 0.579. The lowest BCUT2D eigenvalue weighted by molar-refractivity contribution is -0.140. The highest BCUT2D eigenvalue weighted by Crippen LogP contribution is 2.19. The van der Waals surface area contributed by atoms with E-state index in [1.165, 1.54) is 5.56 Å². The Morgan fingerprint density at radius 3 is 2.67 bits per heavy atom. The number of carbonyl (C=O) groups excluding carboxylic acids is 2. The van der Waals surface area contributed by atoms with Gasteiger partial charge in [-0.3, -0.25) is 9.59 Å². The van der Waals surface area contributed by atoms with Crippen LogP contribution in [0.2, 0.25) is 0 Å². The molecule has 0 saturated carbocycles. The molecule has 0 aliphatic carbocycles. The largest absolute Gasteiger partial charge is 0.494 e. The maximum atomic E-state index is 12.3. The summed E-state index contributed by atoms with van der Waals surface area (Å²) in [4.78, 5) is 26.2. The summed E-state index contributed by atoms with van der Waals surface area (Å²) in [6.45, 7) is 7.59. The molecule has 1 saturated heterocycles. The summed E-state index contributed by atoms with van der Waals surface area (Å²) in [6.07, 6.45) is 2.39. The van der Waals surface area contributed by atoms with Crippen molar-refractivity contribution in [3.8, 4) is 5.75 Å². The van der Waals surface area contributed by atoms with E-state index in [2.05, 4.69) is 5.32 Å². The number of hydrogen-bond acceptors (Lipinski definition) is 3. The number of aryl methyl sites for hydroxylation is 1. The molecule has 0 aromatic heterocycles. The van der Waals surface area contributed by atoms with Crippen LogP contribution < -0.4 is 10.1 Å². The van der Waals surface area contributed by atoms with E-state index in [0.717, 1.165) is 25.0 Å². The molecule has 1 aromatic carbocycles. The van der Waals surface area contributed by atoms with Crippen molar-refractivity contribution < 1.29 is 14.3 Å². The molecule has 2 amide bonds. The Morgan fingerprint density at radius 2 is 2.00 bits per heavy atom. The van der Waals surface area contributed by atoms with Crippen LogP contribution in [0.15, 0.2) is 24.3 Å². The summed E-state index contributed by atoms with van der Waals surface area (Å²) in [6, 6.07) is 7.61. The first kappa shape index (κ1) is 18.3. The van der Waals surface area contributed by atoms with Crippen LogP contribution >= 0.6 is 0 Å². The quantitative estimate of drug-likeness (QED) is 0.781. The summed E-state index contributed by atoms with van der Waals surface area (Å²) in [5.41, 5.74) is 1.20. The standard InChI is InChI=1S/C19H28N2O3/c1-14(2)19(23)21-12-4-6-17(21)18(22)20-11-5-13-24-16-9-7-15(3)8-10-16/h7-10,14,17H,4-6,11-13H2,1-3H3,(H,20,22)/t17-/m1/s1. The average Bonchev–Trinajstić information content (AvgIpc) is 3.04. The lowest BCUT2D eigenvalue weighted by Gasteiger charge is -2.25. The molecule has 1 fully saturated rings. The number of nitrogens with zero attached hydrogens (tertiary/aromatic N) is 1. The highest BCUT2D eigenvalue weighted by molar-refractivity contribution is 5.88. The van der Waals surface area contributed by atoms with E-state index in [-0.39, 0.29) is 23.8 Å². The highest BCUT2D eigenvalue weighted by Gasteiger charge is 2.34. The van der Waals surface area contributed by atoms with E-state index in [4.69, 9.17) is 4.74 Å². The summed E-state index contributed by atoms with van der Waals surface area (Å²) >= 11 is 0. The van der Waals surface area contributed by atoms with E-state index >= 15 is 0 Å². The van der Waals surface area contributed by atoms with Gasteiger partial charge in [-0.2, -0.15) is 0 Å². The molecule has 1 heterocycles. The zero-order chi connectivity index (χ0) is 17.5. The van der Waals surface area contributed by atoms with Crippen molar-refractivity contribution in [2.24, 2.45) is 5.92 Å². The van der Waals surface area contributed by atoms with E-state index in [0.29, 0.717) is 19.7 Å². The summed E-state index contributed by atoms with van der Waals surface area (Å²) in [5, 5.41) is 2.93. The summed E-state index contributed by atoms with van der Waals surface area (Å²) in [7, 11) is 0. The second-order valence-corrected chi connectivity index (χ2v) is 6.65. The van der Waals surface area contributed by atoms with Crippen molar-refractivity contribution >= 4 is 11.8 Å². The molecular formula is C19H28N2O3. The van der Waals surface area contributed by atoms with Crippen LogP contribution in [0.1, 0.15) is 38.7 Å². The van der Waals surface area contributed by atoms with E-state index in [9.17, 15) is 9.59 Å². The monoisotopic (exact) mass is 332 g/mol. The molecule has 1 aliphatic rings. The Labute approximate surface area is 144 Å². The molecule has 132 valence electrons. The van der Waals surface area contributed by atoms with Crippen LogP contribution in [0.5, 0.6) is 5.75 Å². The number of rotatable bonds is 7. The molecule has 1 aliphatic heterocycles. The molecule has 0 spiro atoms. The van der Waals surface area contributed by atoms with Crippen LogP contribution in [0.3, 0.4) is 0 Å². The van der Waals surface area contributed by atoms with Gasteiger partial charge in [0.05, 0.1) is 6.61 Å². The van der Waals surface area contributed by atoms with Crippen molar-refractivity contribution in [2.45, 2.75) is 46.1 Å². The third-order valence-electron chi connectivity index (χ3n) is 4.24. The highest BCUT2D eigenvalue weighted by atomic mass is 16.5. The Kier molecular flexibility index (Phi) is 6.64. The maximum Gasteiger partial charge on any atom is 0.242 e. The molecule has 5 nitrogen and oxygen atoms in total. The molecule has 24 heavy (non-hydrogen) atoms. The van der Waals surface area contributed by atoms with Crippen LogP contribution in [0.4, 0.5) is 0 Å². The molecule has 1 atom stereocenters. The molecule has 1 N–H and O–H groups in total. The number of ether oxygens (including phenoxy) is 1. The number of hydrogen-bond donors (Lipinski definition) is 1. The minimum atomic E-state index is -0.307. The van der Waals surface area contributed by atoms with Gasteiger partial charge >= 0.3 is 0 Å². The SMILES string of the molecule is Cc1ccc(OCCCNC(=O)[C@H]2CCCN2C(=O)C(C)C)cc1. The average molecular weight is 332 g/mol. The lowest BCUT2D eigenvalue weighted by Crippen LogP contribution is -2.47. The smallest absolute Gasteiger partial charge is 0.242 e. The molecular weight excluding hydrogens is 304 g/mol. The first-order valence-corrected chi connectivity index (χ1v) is 8.76. The molecule has 2 rings (SSSR count). The molecule has 5 heteroatoms. The summed E-state index contributed by atoms with van der Waals surface area (Å²) in [5.74, 6) is 0.796. The zero-order valence-electron chi connectivity index (χ0n) is 14.9. The van der Waals surface area contributed by atoms with E-state index in [1.807, 2.05) is 45.0 Å². The van der Waals surface area contributed by atoms with Crippen molar-refractivity contribution in [1.82, 2.24) is 10.2 Å². The minimum absolute atomic E-state index is 0.0446. The van der Waals surface area contributed by atoms with Gasteiger partial charge in [-0.05, 0) is 38.3 Å². The third kappa shape index (κ3) is 4.98. The zero-order valence-corrected chi connectivity index (χ0v) is 14.9.